The zero-order valence-electron chi connectivity index (χ0n) is 20.1. The van der Waals surface area contributed by atoms with Crippen molar-refractivity contribution in [3.05, 3.63) is 59.2 Å². The summed E-state index contributed by atoms with van der Waals surface area (Å²) in [5, 5.41) is 4.41. The van der Waals surface area contributed by atoms with Gasteiger partial charge in [0.15, 0.2) is 5.12 Å². The van der Waals surface area contributed by atoms with E-state index in [1.54, 1.807) is 36.0 Å². The minimum absolute atomic E-state index is 0.00654. The van der Waals surface area contributed by atoms with Gasteiger partial charge in [0.2, 0.25) is 0 Å². The first-order valence-corrected chi connectivity index (χ1v) is 12.3. The molecule has 1 aromatic heterocycles. The molecule has 1 fully saturated rings. The van der Waals surface area contributed by atoms with Gasteiger partial charge in [0.25, 0.3) is 0 Å². The fraction of sp³-hybridized carbons (Fsp3) is 0.440. The third kappa shape index (κ3) is 7.25. The summed E-state index contributed by atoms with van der Waals surface area (Å²) in [5.74, 6) is -1.31. The predicted octanol–water partition coefficient (Wildman–Crippen LogP) is 3.63. The number of thioether (sulfide) groups is 1. The number of piperidine rings is 1. The second-order valence-corrected chi connectivity index (χ2v) is 9.46. The Kier molecular flexibility index (Phi) is 9.62. The molecule has 0 amide bonds. The Morgan fingerprint density at radius 3 is 2.74 bits per heavy atom. The maximum absolute atomic E-state index is 14.6. The largest absolute Gasteiger partial charge is 0.468 e. The number of ether oxygens (including phenoxy) is 2. The van der Waals surface area contributed by atoms with E-state index in [0.717, 1.165) is 5.57 Å². The molecule has 0 unspecified atom stereocenters. The lowest BCUT2D eigenvalue weighted by molar-refractivity contribution is -0.147. The Labute approximate surface area is 208 Å². The van der Waals surface area contributed by atoms with Gasteiger partial charge in [-0.2, -0.15) is 5.10 Å². The van der Waals surface area contributed by atoms with Gasteiger partial charge in [0.05, 0.1) is 32.4 Å². The summed E-state index contributed by atoms with van der Waals surface area (Å²) in [6.45, 7) is 4.84. The maximum Gasteiger partial charge on any atom is 0.327 e. The van der Waals surface area contributed by atoms with E-state index in [4.69, 9.17) is 9.47 Å². The summed E-state index contributed by atoms with van der Waals surface area (Å²) in [4.78, 5) is 38.1. The number of likely N-dealkylation sites (tertiary alicyclic amines) is 1. The molecule has 0 bridgehead atoms. The number of aromatic nitrogens is 2. The summed E-state index contributed by atoms with van der Waals surface area (Å²) < 4.78 is 26.2. The van der Waals surface area contributed by atoms with Crippen molar-refractivity contribution in [2.75, 3.05) is 26.8 Å². The van der Waals surface area contributed by atoms with E-state index in [0.29, 0.717) is 38.4 Å². The van der Waals surface area contributed by atoms with Gasteiger partial charge in [-0.1, -0.05) is 30.0 Å². The first kappa shape index (κ1) is 26.6. The molecular formula is C25H30FN3O5S. The zero-order valence-corrected chi connectivity index (χ0v) is 20.9. The van der Waals surface area contributed by atoms with Crippen molar-refractivity contribution in [1.29, 1.82) is 0 Å². The molecule has 10 heteroatoms. The first-order valence-electron chi connectivity index (χ1n) is 11.5. The van der Waals surface area contributed by atoms with E-state index in [1.165, 1.54) is 31.9 Å². The Balaban J connectivity index is 1.85. The van der Waals surface area contributed by atoms with Gasteiger partial charge in [0, 0.05) is 37.0 Å². The Bertz CT molecular complexity index is 1090. The normalized spacial score (nSPS) is 18.3. The molecule has 0 radical (unpaired) electrons. The van der Waals surface area contributed by atoms with Gasteiger partial charge in [0.1, 0.15) is 11.9 Å². The SMILES string of the molecule is CCOC(=O)CCn1ccc(/C=C2/CN([C@@H](C(=O)OC)c3ccccc3F)CC[C@H]2SC(C)=O)n1. The second-order valence-electron chi connectivity index (χ2n) is 8.08. The number of nitrogens with zero attached hydrogens (tertiary/aromatic N) is 3. The quantitative estimate of drug-likeness (QED) is 0.479. The van der Waals surface area contributed by atoms with Crippen LogP contribution in [0.25, 0.3) is 6.08 Å². The number of hydrogen-bond donors (Lipinski definition) is 0. The van der Waals surface area contributed by atoms with Crippen LogP contribution >= 0.6 is 11.8 Å². The molecule has 0 spiro atoms. The number of carbonyl (C=O) groups is 3. The van der Waals surface area contributed by atoms with Crippen molar-refractivity contribution < 1.29 is 28.2 Å². The van der Waals surface area contributed by atoms with Crippen LogP contribution in [0.15, 0.2) is 42.1 Å². The van der Waals surface area contributed by atoms with E-state index < -0.39 is 17.8 Å². The standard InChI is InChI=1S/C25H30FN3O5S/c1-4-34-23(31)11-14-29-13-9-19(27-29)15-18-16-28(12-10-22(18)35-17(2)30)24(25(32)33-3)20-7-5-6-8-21(20)26/h5-9,13,15,22,24H,4,10-12,14,16H2,1-3H3/b18-15-/t22-,24-/m1/s1. The van der Waals surface area contributed by atoms with Crippen LogP contribution in [0.1, 0.15) is 44.0 Å². The minimum atomic E-state index is -0.907. The van der Waals surface area contributed by atoms with E-state index in [1.807, 2.05) is 17.0 Å². The van der Waals surface area contributed by atoms with Crippen LogP contribution in [-0.4, -0.2) is 63.8 Å². The minimum Gasteiger partial charge on any atom is -0.468 e. The molecule has 1 saturated heterocycles. The van der Waals surface area contributed by atoms with Crippen LogP contribution in [0.4, 0.5) is 4.39 Å². The lowest BCUT2D eigenvalue weighted by Gasteiger charge is -2.37. The smallest absolute Gasteiger partial charge is 0.327 e. The molecule has 3 rings (SSSR count). The third-order valence-corrected chi connectivity index (χ3v) is 6.78. The summed E-state index contributed by atoms with van der Waals surface area (Å²) in [6, 6.07) is 7.08. The van der Waals surface area contributed by atoms with Crippen molar-refractivity contribution in [2.24, 2.45) is 0 Å². The number of hydrogen-bond acceptors (Lipinski definition) is 8. The molecule has 0 N–H and O–H groups in total. The second kappa shape index (κ2) is 12.6. The molecule has 0 saturated carbocycles. The van der Waals surface area contributed by atoms with Crippen LogP contribution in [0, 0.1) is 5.82 Å². The number of carbonyl (C=O) groups excluding carboxylic acids is 3. The number of benzene rings is 1. The topological polar surface area (TPSA) is 90.7 Å². The molecule has 2 heterocycles. The number of halogens is 1. The molecule has 1 aliphatic rings. The molecule has 1 aliphatic heterocycles. The average molecular weight is 504 g/mol. The highest BCUT2D eigenvalue weighted by molar-refractivity contribution is 8.14. The van der Waals surface area contributed by atoms with Crippen LogP contribution in [0.3, 0.4) is 0 Å². The molecular weight excluding hydrogens is 473 g/mol. The van der Waals surface area contributed by atoms with Gasteiger partial charge in [-0.3, -0.25) is 19.2 Å². The first-order chi connectivity index (χ1) is 16.8. The van der Waals surface area contributed by atoms with Crippen molar-refractivity contribution in [2.45, 2.75) is 44.5 Å². The summed E-state index contributed by atoms with van der Waals surface area (Å²) in [6.07, 6.45) is 4.48. The fourth-order valence-electron chi connectivity index (χ4n) is 4.07. The predicted molar refractivity (Wildman–Crippen MR) is 131 cm³/mol. The molecule has 1 aromatic carbocycles. The van der Waals surface area contributed by atoms with Gasteiger partial charge in [-0.05, 0) is 37.1 Å². The monoisotopic (exact) mass is 503 g/mol. The summed E-state index contributed by atoms with van der Waals surface area (Å²) in [5.41, 5.74) is 1.82. The number of rotatable bonds is 9. The zero-order chi connectivity index (χ0) is 25.4. The van der Waals surface area contributed by atoms with Crippen molar-refractivity contribution >= 4 is 34.9 Å². The van der Waals surface area contributed by atoms with Crippen molar-refractivity contribution in [1.82, 2.24) is 14.7 Å². The maximum atomic E-state index is 14.6. The third-order valence-electron chi connectivity index (χ3n) is 5.62. The summed E-state index contributed by atoms with van der Waals surface area (Å²) in [7, 11) is 1.29. The highest BCUT2D eigenvalue weighted by atomic mass is 32.2. The lowest BCUT2D eigenvalue weighted by Crippen LogP contribution is -2.43. The van der Waals surface area contributed by atoms with Crippen molar-refractivity contribution in [3.8, 4) is 0 Å². The molecule has 2 atom stereocenters. The highest BCUT2D eigenvalue weighted by Gasteiger charge is 2.36. The Morgan fingerprint density at radius 2 is 2.06 bits per heavy atom. The van der Waals surface area contributed by atoms with E-state index in [9.17, 15) is 18.8 Å². The Morgan fingerprint density at radius 1 is 1.29 bits per heavy atom. The van der Waals surface area contributed by atoms with E-state index in [2.05, 4.69) is 5.10 Å². The molecule has 2 aromatic rings. The van der Waals surface area contributed by atoms with Crippen molar-refractivity contribution in [3.63, 3.8) is 0 Å². The van der Waals surface area contributed by atoms with Crippen LogP contribution in [0.2, 0.25) is 0 Å². The molecule has 0 aliphatic carbocycles. The average Bonchev–Trinajstić information content (AvgIpc) is 3.27. The molecule has 8 nitrogen and oxygen atoms in total. The molecule has 35 heavy (non-hydrogen) atoms. The molecule has 188 valence electrons. The van der Waals surface area contributed by atoms with E-state index >= 15 is 0 Å². The van der Waals surface area contributed by atoms with Crippen LogP contribution in [0.5, 0.6) is 0 Å². The lowest BCUT2D eigenvalue weighted by atomic mass is 9.97. The van der Waals surface area contributed by atoms with Gasteiger partial charge in [-0.25, -0.2) is 9.18 Å². The number of esters is 2. The van der Waals surface area contributed by atoms with Crippen LogP contribution in [-0.2, 0) is 30.4 Å². The fourth-order valence-corrected chi connectivity index (χ4v) is 4.98. The Hall–Kier alpha value is -2.98. The van der Waals surface area contributed by atoms with Gasteiger partial charge >= 0.3 is 11.9 Å². The highest BCUT2D eigenvalue weighted by Crippen LogP contribution is 2.35. The van der Waals surface area contributed by atoms with Crippen LogP contribution < -0.4 is 0 Å². The van der Waals surface area contributed by atoms with Gasteiger partial charge in [-0.15, -0.1) is 0 Å². The number of methoxy groups -OCH3 is 1. The number of aryl methyl sites for hydroxylation is 1. The van der Waals surface area contributed by atoms with E-state index in [-0.39, 0.29) is 28.3 Å². The summed E-state index contributed by atoms with van der Waals surface area (Å²) >= 11 is 1.24. The van der Waals surface area contributed by atoms with Gasteiger partial charge < -0.3 is 9.47 Å².